The number of rotatable bonds is 1. The van der Waals surface area contributed by atoms with Crippen molar-refractivity contribution >= 4 is 34.4 Å². The summed E-state index contributed by atoms with van der Waals surface area (Å²) in [5.41, 5.74) is -0.466. The minimum Gasteiger partial charge on any atom is -0.230 e. The summed E-state index contributed by atoms with van der Waals surface area (Å²) in [6.07, 6.45) is -1.18. The summed E-state index contributed by atoms with van der Waals surface area (Å²) in [4.78, 5) is 3.45. The van der Waals surface area contributed by atoms with E-state index in [1.54, 1.807) is 12.4 Å². The summed E-state index contributed by atoms with van der Waals surface area (Å²) < 4.78 is 38.1. The first-order valence-electron chi connectivity index (χ1n) is 4.54. The fourth-order valence-electron chi connectivity index (χ4n) is 1.10. The van der Waals surface area contributed by atoms with Crippen molar-refractivity contribution in [2.45, 2.75) is 6.18 Å². The van der Waals surface area contributed by atoms with Gasteiger partial charge in [0.05, 0.1) is 11.3 Å². The van der Waals surface area contributed by atoms with Crippen LogP contribution in [0, 0.1) is 11.5 Å². The van der Waals surface area contributed by atoms with Crippen molar-refractivity contribution in [1.29, 1.82) is 5.26 Å². The van der Waals surface area contributed by atoms with E-state index in [4.69, 9.17) is 17.0 Å². The van der Waals surface area contributed by atoms with Crippen molar-refractivity contribution in [3.05, 3.63) is 29.8 Å². The van der Waals surface area contributed by atoms with Gasteiger partial charge < -0.3 is 0 Å². The van der Waals surface area contributed by atoms with Crippen molar-refractivity contribution in [3.63, 3.8) is 0 Å². The molecule has 0 fully saturated rings. The summed E-state index contributed by atoms with van der Waals surface area (Å²) in [6.45, 7) is 0. The van der Waals surface area contributed by atoms with Crippen LogP contribution in [0.3, 0.4) is 0 Å². The third-order valence-electron chi connectivity index (χ3n) is 1.92. The second kappa shape index (κ2) is 5.98. The van der Waals surface area contributed by atoms with Crippen LogP contribution < -0.4 is 4.42 Å². The highest BCUT2D eigenvalue weighted by Crippen LogP contribution is 2.31. The minimum absolute atomic E-state index is 0.180. The molecule has 1 rings (SSSR count). The number of thioether (sulfide) groups is 1. The highest BCUT2D eigenvalue weighted by Gasteiger charge is 2.30. The molecule has 1 aromatic carbocycles. The van der Waals surface area contributed by atoms with Crippen LogP contribution in [-0.4, -0.2) is 11.4 Å². The molecule has 0 saturated heterocycles. The van der Waals surface area contributed by atoms with Gasteiger partial charge in [0.15, 0.2) is 5.17 Å². The number of amidine groups is 1. The minimum atomic E-state index is -4.39. The first-order valence-corrected chi connectivity index (χ1v) is 6.10. The molecule has 0 aliphatic rings. The average Bonchev–Trinajstić information content (AvgIpc) is 2.34. The number of hydrogen-bond acceptors (Lipinski definition) is 3. The molecule has 0 aliphatic heterocycles. The number of anilines is 1. The number of nitriles is 1. The van der Waals surface area contributed by atoms with E-state index in [1.165, 1.54) is 12.1 Å². The fourth-order valence-corrected chi connectivity index (χ4v) is 1.86. The Morgan fingerprint density at radius 3 is 2.33 bits per heavy atom. The first-order chi connectivity index (χ1) is 8.40. The van der Waals surface area contributed by atoms with Crippen LogP contribution in [0.1, 0.15) is 5.56 Å². The van der Waals surface area contributed by atoms with Crippen LogP contribution in [-0.2, 0) is 6.18 Å². The third-order valence-corrected chi connectivity index (χ3v) is 3.01. The van der Waals surface area contributed by atoms with Gasteiger partial charge in [-0.1, -0.05) is 11.8 Å². The van der Waals surface area contributed by atoms with E-state index in [0.29, 0.717) is 5.69 Å². The van der Waals surface area contributed by atoms with E-state index in [2.05, 4.69) is 4.99 Å². The first kappa shape index (κ1) is 14.7. The van der Waals surface area contributed by atoms with Gasteiger partial charge in [0.2, 0.25) is 6.19 Å². The predicted molar refractivity (Wildman–Crippen MR) is 66.3 cm³/mol. The lowest BCUT2D eigenvalue weighted by molar-refractivity contribution is -0.137. The maximum atomic E-state index is 12.3. The largest absolute Gasteiger partial charge is 0.416 e. The average molecular weight is 294 g/mol. The number of nitrogens with zero attached hydrogens (tertiary/aromatic N) is 3. The second-order valence-corrected chi connectivity index (χ2v) is 4.14. The Hall–Kier alpha value is -1.39. The van der Waals surface area contributed by atoms with Gasteiger partial charge in [-0.05, 0) is 30.5 Å². The standard InChI is InChI=1S/C10H7ClF3N3S/c1-18-9(16-6-15)17(11)8-4-2-7(3-5-8)10(12,13)14/h2-5H,1H3. The van der Waals surface area contributed by atoms with Crippen molar-refractivity contribution in [3.8, 4) is 6.19 Å². The molecular weight excluding hydrogens is 287 g/mol. The van der Waals surface area contributed by atoms with Crippen molar-refractivity contribution < 1.29 is 13.2 Å². The molecule has 96 valence electrons. The van der Waals surface area contributed by atoms with Gasteiger partial charge in [0.1, 0.15) is 0 Å². The second-order valence-electron chi connectivity index (χ2n) is 3.02. The van der Waals surface area contributed by atoms with Gasteiger partial charge in [-0.25, -0.2) is 4.42 Å². The van der Waals surface area contributed by atoms with Gasteiger partial charge in [-0.2, -0.15) is 18.4 Å². The Balaban J connectivity index is 2.99. The number of benzene rings is 1. The van der Waals surface area contributed by atoms with E-state index in [-0.39, 0.29) is 5.17 Å². The molecule has 3 nitrogen and oxygen atoms in total. The SMILES string of the molecule is CSC(=NC#N)N(Cl)c1ccc(C(F)(F)F)cc1. The lowest BCUT2D eigenvalue weighted by Crippen LogP contribution is -2.17. The lowest BCUT2D eigenvalue weighted by Gasteiger charge is -2.16. The molecule has 0 bridgehead atoms. The highest BCUT2D eigenvalue weighted by atomic mass is 35.5. The van der Waals surface area contributed by atoms with Gasteiger partial charge in [-0.15, -0.1) is 4.99 Å². The molecule has 0 unspecified atom stereocenters. The molecular formula is C10H7ClF3N3S. The summed E-state index contributed by atoms with van der Waals surface area (Å²) in [5.74, 6) is 0. The zero-order valence-electron chi connectivity index (χ0n) is 9.07. The monoisotopic (exact) mass is 293 g/mol. The molecule has 0 aromatic heterocycles. The number of aliphatic imine (C=N–C) groups is 1. The Labute approximate surface area is 111 Å². The zero-order valence-corrected chi connectivity index (χ0v) is 10.6. The maximum Gasteiger partial charge on any atom is 0.416 e. The zero-order chi connectivity index (χ0) is 13.8. The lowest BCUT2D eigenvalue weighted by atomic mass is 10.2. The predicted octanol–water partition coefficient (Wildman–Crippen LogP) is 3.87. The smallest absolute Gasteiger partial charge is 0.230 e. The van der Waals surface area contributed by atoms with E-state index in [1.807, 2.05) is 0 Å². The van der Waals surface area contributed by atoms with E-state index in [9.17, 15) is 13.2 Å². The summed E-state index contributed by atoms with van der Waals surface area (Å²) in [6, 6.07) is 4.24. The third kappa shape index (κ3) is 3.55. The Bertz CT molecular complexity index is 479. The van der Waals surface area contributed by atoms with Crippen LogP contribution in [0.2, 0.25) is 0 Å². The Morgan fingerprint density at radius 1 is 1.39 bits per heavy atom. The number of hydrogen-bond donors (Lipinski definition) is 0. The molecule has 18 heavy (non-hydrogen) atoms. The van der Waals surface area contributed by atoms with Gasteiger partial charge >= 0.3 is 6.18 Å². The number of alkyl halides is 3. The molecule has 1 aromatic rings. The molecule has 0 saturated carbocycles. The highest BCUT2D eigenvalue weighted by molar-refractivity contribution is 8.13. The molecule has 0 N–H and O–H groups in total. The molecule has 8 heteroatoms. The van der Waals surface area contributed by atoms with Crippen molar-refractivity contribution in [2.24, 2.45) is 4.99 Å². The van der Waals surface area contributed by atoms with Crippen LogP contribution in [0.4, 0.5) is 18.9 Å². The summed E-state index contributed by atoms with van der Waals surface area (Å²) in [7, 11) is 0. The topological polar surface area (TPSA) is 39.4 Å². The van der Waals surface area contributed by atoms with E-state index >= 15 is 0 Å². The van der Waals surface area contributed by atoms with Gasteiger partial charge in [0.25, 0.3) is 0 Å². The van der Waals surface area contributed by atoms with Gasteiger partial charge in [0, 0.05) is 11.8 Å². The molecule has 0 amide bonds. The quantitative estimate of drug-likeness (QED) is 0.341. The van der Waals surface area contributed by atoms with Crippen LogP contribution in [0.5, 0.6) is 0 Å². The van der Waals surface area contributed by atoms with Gasteiger partial charge in [-0.3, -0.25) is 0 Å². The molecule has 0 heterocycles. The molecule has 0 spiro atoms. The number of halogens is 4. The normalized spacial score (nSPS) is 12.1. The Kier molecular flexibility index (Phi) is 4.87. The molecule has 0 aliphatic carbocycles. The summed E-state index contributed by atoms with van der Waals surface area (Å²) in [5, 5.41) is 8.61. The molecule has 0 atom stereocenters. The molecule has 0 radical (unpaired) electrons. The maximum absolute atomic E-state index is 12.3. The van der Waals surface area contributed by atoms with E-state index in [0.717, 1.165) is 28.3 Å². The van der Waals surface area contributed by atoms with Crippen molar-refractivity contribution in [1.82, 2.24) is 0 Å². The Morgan fingerprint density at radius 2 is 1.94 bits per heavy atom. The van der Waals surface area contributed by atoms with E-state index < -0.39 is 11.7 Å². The van der Waals surface area contributed by atoms with Crippen LogP contribution in [0.15, 0.2) is 29.3 Å². The summed E-state index contributed by atoms with van der Waals surface area (Å²) >= 11 is 6.97. The van der Waals surface area contributed by atoms with Crippen LogP contribution >= 0.6 is 23.5 Å². The van der Waals surface area contributed by atoms with Crippen molar-refractivity contribution in [2.75, 3.05) is 10.7 Å². The van der Waals surface area contributed by atoms with Crippen LogP contribution in [0.25, 0.3) is 0 Å². The fraction of sp³-hybridized carbons (Fsp3) is 0.200.